The number of nitrogens with one attached hydrogen (secondary N) is 2. The van der Waals surface area contributed by atoms with Crippen LogP contribution in [0.15, 0.2) is 60.0 Å². The van der Waals surface area contributed by atoms with Crippen LogP contribution in [0.1, 0.15) is 10.5 Å². The second-order valence-electron chi connectivity index (χ2n) is 4.49. The van der Waals surface area contributed by atoms with Gasteiger partial charge in [-0.2, -0.15) is 0 Å². The van der Waals surface area contributed by atoms with Crippen LogP contribution in [0.2, 0.25) is 0 Å². The molecule has 3 aromatic rings. The lowest BCUT2D eigenvalue weighted by Gasteiger charge is -2.03. The fourth-order valence-corrected chi connectivity index (χ4v) is 2.52. The number of halogens is 1. The van der Waals surface area contributed by atoms with Gasteiger partial charge in [0, 0.05) is 16.8 Å². The molecule has 6 heteroatoms. The van der Waals surface area contributed by atoms with Crippen molar-refractivity contribution in [3.63, 3.8) is 0 Å². The molecule has 3 rings (SSSR count). The number of para-hydroxylation sites is 1. The smallest absolute Gasteiger partial charge is 0.275 e. The van der Waals surface area contributed by atoms with E-state index in [2.05, 4.69) is 15.6 Å². The first kappa shape index (κ1) is 14.2. The summed E-state index contributed by atoms with van der Waals surface area (Å²) in [6.07, 6.45) is 0. The minimum atomic E-state index is -0.346. The number of rotatable bonds is 4. The first-order valence-electron chi connectivity index (χ1n) is 6.55. The molecule has 1 aromatic heterocycles. The maximum atomic E-state index is 12.8. The Morgan fingerprint density at radius 1 is 1.00 bits per heavy atom. The van der Waals surface area contributed by atoms with Crippen LogP contribution in [0.25, 0.3) is 0 Å². The molecular formula is C16H12FN3OS. The lowest BCUT2D eigenvalue weighted by atomic mass is 10.3. The van der Waals surface area contributed by atoms with E-state index in [9.17, 15) is 9.18 Å². The van der Waals surface area contributed by atoms with Crippen molar-refractivity contribution >= 4 is 33.8 Å². The van der Waals surface area contributed by atoms with Gasteiger partial charge in [0.15, 0.2) is 5.13 Å². The Balaban J connectivity index is 1.67. The van der Waals surface area contributed by atoms with Crippen LogP contribution in [-0.2, 0) is 0 Å². The number of hydrogen-bond donors (Lipinski definition) is 2. The summed E-state index contributed by atoms with van der Waals surface area (Å²) in [5, 5.41) is 8.11. The van der Waals surface area contributed by atoms with Crippen molar-refractivity contribution in [2.75, 3.05) is 10.6 Å². The van der Waals surface area contributed by atoms with Crippen molar-refractivity contribution < 1.29 is 9.18 Å². The van der Waals surface area contributed by atoms with Crippen molar-refractivity contribution in [1.82, 2.24) is 4.98 Å². The number of carbonyl (C=O) groups excluding carboxylic acids is 1. The first-order chi connectivity index (χ1) is 10.7. The van der Waals surface area contributed by atoms with E-state index >= 15 is 0 Å². The van der Waals surface area contributed by atoms with E-state index in [1.54, 1.807) is 5.38 Å². The Bertz CT molecular complexity index is 772. The summed E-state index contributed by atoms with van der Waals surface area (Å²) < 4.78 is 12.8. The average Bonchev–Trinajstić information content (AvgIpc) is 2.99. The predicted octanol–water partition coefficient (Wildman–Crippen LogP) is 4.28. The van der Waals surface area contributed by atoms with Gasteiger partial charge in [-0.1, -0.05) is 18.2 Å². The maximum absolute atomic E-state index is 12.8. The topological polar surface area (TPSA) is 54.0 Å². The monoisotopic (exact) mass is 313 g/mol. The quantitative estimate of drug-likeness (QED) is 0.756. The van der Waals surface area contributed by atoms with E-state index in [0.717, 1.165) is 5.69 Å². The number of carbonyl (C=O) groups is 1. The molecule has 0 saturated carbocycles. The minimum Gasteiger partial charge on any atom is -0.332 e. The number of thiazole rings is 1. The SMILES string of the molecule is O=C(Nc1ccc(F)cc1)c1csc(Nc2ccccc2)n1. The van der Waals surface area contributed by atoms with Gasteiger partial charge in [0.2, 0.25) is 0 Å². The summed E-state index contributed by atoms with van der Waals surface area (Å²) in [4.78, 5) is 16.3. The van der Waals surface area contributed by atoms with Gasteiger partial charge < -0.3 is 10.6 Å². The molecule has 0 atom stereocenters. The normalized spacial score (nSPS) is 10.2. The second-order valence-corrected chi connectivity index (χ2v) is 5.35. The molecular weight excluding hydrogens is 301 g/mol. The summed E-state index contributed by atoms with van der Waals surface area (Å²) in [6.45, 7) is 0. The van der Waals surface area contributed by atoms with Crippen molar-refractivity contribution in [2.24, 2.45) is 0 Å². The third-order valence-electron chi connectivity index (χ3n) is 2.86. The van der Waals surface area contributed by atoms with Gasteiger partial charge in [-0.3, -0.25) is 4.79 Å². The zero-order valence-corrected chi connectivity index (χ0v) is 12.2. The largest absolute Gasteiger partial charge is 0.332 e. The highest BCUT2D eigenvalue weighted by Gasteiger charge is 2.11. The van der Waals surface area contributed by atoms with Crippen molar-refractivity contribution in [3.05, 3.63) is 71.5 Å². The molecule has 0 radical (unpaired) electrons. The van der Waals surface area contributed by atoms with E-state index in [0.29, 0.717) is 16.5 Å². The van der Waals surface area contributed by atoms with Crippen LogP contribution in [0, 0.1) is 5.82 Å². The summed E-state index contributed by atoms with van der Waals surface area (Å²) in [5.41, 5.74) is 1.74. The molecule has 0 aliphatic heterocycles. The number of benzene rings is 2. The summed E-state index contributed by atoms with van der Waals surface area (Å²) >= 11 is 1.34. The molecule has 2 N–H and O–H groups in total. The first-order valence-corrected chi connectivity index (χ1v) is 7.43. The zero-order valence-electron chi connectivity index (χ0n) is 11.4. The van der Waals surface area contributed by atoms with Crippen LogP contribution in [-0.4, -0.2) is 10.9 Å². The number of anilines is 3. The molecule has 110 valence electrons. The highest BCUT2D eigenvalue weighted by Crippen LogP contribution is 2.21. The zero-order chi connectivity index (χ0) is 15.4. The van der Waals surface area contributed by atoms with Gasteiger partial charge in [-0.25, -0.2) is 9.37 Å². The lowest BCUT2D eigenvalue weighted by molar-refractivity contribution is 0.102. The third-order valence-corrected chi connectivity index (χ3v) is 3.62. The third kappa shape index (κ3) is 3.48. The van der Waals surface area contributed by atoms with Gasteiger partial charge in [0.25, 0.3) is 5.91 Å². The maximum Gasteiger partial charge on any atom is 0.275 e. The van der Waals surface area contributed by atoms with Crippen molar-refractivity contribution in [2.45, 2.75) is 0 Å². The van der Waals surface area contributed by atoms with E-state index in [1.807, 2.05) is 30.3 Å². The Kier molecular flexibility index (Phi) is 4.11. The lowest BCUT2D eigenvalue weighted by Crippen LogP contribution is -2.12. The standard InChI is InChI=1S/C16H12FN3OS/c17-11-6-8-13(9-7-11)18-15(21)14-10-22-16(20-14)19-12-4-2-1-3-5-12/h1-10H,(H,18,21)(H,19,20). The summed E-state index contributed by atoms with van der Waals surface area (Å²) in [6, 6.07) is 15.2. The number of hydrogen-bond acceptors (Lipinski definition) is 4. The molecule has 0 unspecified atom stereocenters. The number of amides is 1. The van der Waals surface area contributed by atoms with E-state index in [1.165, 1.54) is 35.6 Å². The second kappa shape index (κ2) is 6.36. The number of nitrogens with zero attached hydrogens (tertiary/aromatic N) is 1. The highest BCUT2D eigenvalue weighted by molar-refractivity contribution is 7.14. The summed E-state index contributed by atoms with van der Waals surface area (Å²) in [5.74, 6) is -0.676. The van der Waals surface area contributed by atoms with E-state index in [4.69, 9.17) is 0 Å². The van der Waals surface area contributed by atoms with Crippen LogP contribution in [0.4, 0.5) is 20.9 Å². The Morgan fingerprint density at radius 2 is 1.73 bits per heavy atom. The molecule has 0 bridgehead atoms. The van der Waals surface area contributed by atoms with Gasteiger partial charge >= 0.3 is 0 Å². The van der Waals surface area contributed by atoms with Crippen molar-refractivity contribution in [1.29, 1.82) is 0 Å². The van der Waals surface area contributed by atoms with E-state index in [-0.39, 0.29) is 11.7 Å². The Morgan fingerprint density at radius 3 is 2.45 bits per heavy atom. The van der Waals surface area contributed by atoms with Gasteiger partial charge in [-0.15, -0.1) is 11.3 Å². The molecule has 0 saturated heterocycles. The van der Waals surface area contributed by atoms with Gasteiger partial charge in [0.05, 0.1) is 0 Å². The van der Waals surface area contributed by atoms with Gasteiger partial charge in [-0.05, 0) is 36.4 Å². The van der Waals surface area contributed by atoms with Crippen LogP contribution in [0.3, 0.4) is 0 Å². The van der Waals surface area contributed by atoms with Crippen LogP contribution >= 0.6 is 11.3 Å². The molecule has 0 fully saturated rings. The molecule has 0 aliphatic carbocycles. The van der Waals surface area contributed by atoms with Gasteiger partial charge in [0.1, 0.15) is 11.5 Å². The van der Waals surface area contributed by atoms with E-state index < -0.39 is 0 Å². The average molecular weight is 313 g/mol. The Hall–Kier alpha value is -2.73. The molecule has 4 nitrogen and oxygen atoms in total. The fourth-order valence-electron chi connectivity index (χ4n) is 1.81. The molecule has 1 amide bonds. The van der Waals surface area contributed by atoms with Crippen LogP contribution in [0.5, 0.6) is 0 Å². The molecule has 0 aliphatic rings. The van der Waals surface area contributed by atoms with Crippen molar-refractivity contribution in [3.8, 4) is 0 Å². The molecule has 1 heterocycles. The molecule has 2 aromatic carbocycles. The predicted molar refractivity (Wildman–Crippen MR) is 86.2 cm³/mol. The molecule has 22 heavy (non-hydrogen) atoms. The minimum absolute atomic E-state index is 0.313. The molecule has 0 spiro atoms. The highest BCUT2D eigenvalue weighted by atomic mass is 32.1. The summed E-state index contributed by atoms with van der Waals surface area (Å²) in [7, 11) is 0. The number of aromatic nitrogens is 1. The Labute approximate surface area is 130 Å². The fraction of sp³-hybridized carbons (Fsp3) is 0. The van der Waals surface area contributed by atoms with Crippen LogP contribution < -0.4 is 10.6 Å².